The van der Waals surface area contributed by atoms with Crippen molar-refractivity contribution in [3.8, 4) is 5.75 Å². The van der Waals surface area contributed by atoms with Crippen LogP contribution in [0.4, 0.5) is 4.79 Å². The van der Waals surface area contributed by atoms with Gasteiger partial charge in [0.2, 0.25) is 0 Å². The van der Waals surface area contributed by atoms with Gasteiger partial charge in [-0.2, -0.15) is 5.10 Å². The molecular weight excluding hydrogens is 188 g/mol. The van der Waals surface area contributed by atoms with Gasteiger partial charge in [0.1, 0.15) is 5.75 Å². The first-order valence-electron chi connectivity index (χ1n) is 3.49. The number of nitrogens with zero attached hydrogens (tertiary/aromatic N) is 1. The summed E-state index contributed by atoms with van der Waals surface area (Å²) in [5.41, 5.74) is 2.92. The van der Waals surface area contributed by atoms with Crippen LogP contribution in [0.3, 0.4) is 0 Å². The van der Waals surface area contributed by atoms with Gasteiger partial charge in [0.25, 0.3) is 5.24 Å². The molecule has 0 aliphatic rings. The van der Waals surface area contributed by atoms with E-state index in [9.17, 15) is 4.79 Å². The Morgan fingerprint density at radius 2 is 2.08 bits per heavy atom. The molecule has 68 valence electrons. The van der Waals surface area contributed by atoms with Gasteiger partial charge in [0.05, 0.1) is 6.21 Å². The maximum atomic E-state index is 10.3. The number of aromatic hydroxyl groups is 1. The molecule has 1 aromatic carbocycles. The van der Waals surface area contributed by atoms with Crippen molar-refractivity contribution in [2.24, 2.45) is 5.10 Å². The predicted molar refractivity (Wildman–Crippen MR) is 53.2 cm³/mol. The van der Waals surface area contributed by atoms with Crippen LogP contribution in [0.25, 0.3) is 0 Å². The largest absolute Gasteiger partial charge is 0.508 e. The van der Waals surface area contributed by atoms with E-state index < -0.39 is 5.24 Å². The molecule has 0 spiro atoms. The molecule has 0 aromatic heterocycles. The fourth-order valence-electron chi connectivity index (χ4n) is 0.722. The summed E-state index contributed by atoms with van der Waals surface area (Å²) in [6, 6.07) is 6.40. The number of carbonyl (C=O) groups is 1. The number of carbonyl (C=O) groups excluding carboxylic acids is 1. The smallest absolute Gasteiger partial charge is 0.296 e. The van der Waals surface area contributed by atoms with Crippen molar-refractivity contribution in [3.63, 3.8) is 0 Å². The molecule has 0 atom stereocenters. The van der Waals surface area contributed by atoms with Crippen LogP contribution in [0.2, 0.25) is 0 Å². The summed E-state index contributed by atoms with van der Waals surface area (Å²) in [4.78, 5) is 10.3. The number of amides is 1. The first-order valence-corrected chi connectivity index (χ1v) is 3.94. The molecule has 0 aliphatic carbocycles. The molecule has 0 bridgehead atoms. The molecule has 1 amide bonds. The van der Waals surface area contributed by atoms with Gasteiger partial charge in [0.15, 0.2) is 0 Å². The van der Waals surface area contributed by atoms with Crippen LogP contribution in [-0.2, 0) is 0 Å². The highest BCUT2D eigenvalue weighted by Gasteiger charge is 1.89. The van der Waals surface area contributed by atoms with Crippen LogP contribution in [0.5, 0.6) is 5.75 Å². The maximum absolute atomic E-state index is 10.3. The van der Waals surface area contributed by atoms with Crippen molar-refractivity contribution < 1.29 is 9.90 Å². The molecule has 0 saturated carbocycles. The SMILES string of the molecule is O=C(S)NN=Cc1ccc(O)cc1. The molecular formula is C8H8N2O2S. The molecule has 13 heavy (non-hydrogen) atoms. The Morgan fingerprint density at radius 3 is 2.62 bits per heavy atom. The lowest BCUT2D eigenvalue weighted by Crippen LogP contribution is -2.07. The highest BCUT2D eigenvalue weighted by Crippen LogP contribution is 2.07. The number of benzene rings is 1. The van der Waals surface area contributed by atoms with Crippen LogP contribution in [-0.4, -0.2) is 16.6 Å². The quantitative estimate of drug-likeness (QED) is 0.380. The Hall–Kier alpha value is -1.49. The van der Waals surface area contributed by atoms with Crippen molar-refractivity contribution in [3.05, 3.63) is 29.8 Å². The monoisotopic (exact) mass is 196 g/mol. The van der Waals surface area contributed by atoms with Gasteiger partial charge in [0, 0.05) is 0 Å². The summed E-state index contributed by atoms with van der Waals surface area (Å²) in [5, 5.41) is 12.0. The van der Waals surface area contributed by atoms with E-state index >= 15 is 0 Å². The van der Waals surface area contributed by atoms with Gasteiger partial charge in [-0.25, -0.2) is 5.43 Å². The first kappa shape index (κ1) is 9.60. The van der Waals surface area contributed by atoms with Crippen LogP contribution in [0.1, 0.15) is 5.56 Å². The van der Waals surface area contributed by atoms with E-state index in [1.807, 2.05) is 0 Å². The van der Waals surface area contributed by atoms with Gasteiger partial charge >= 0.3 is 0 Å². The molecule has 0 heterocycles. The number of hydrogen-bond acceptors (Lipinski definition) is 3. The Kier molecular flexibility index (Phi) is 3.33. The lowest BCUT2D eigenvalue weighted by Gasteiger charge is -1.93. The summed E-state index contributed by atoms with van der Waals surface area (Å²) in [6.07, 6.45) is 1.45. The van der Waals surface area contributed by atoms with Gasteiger partial charge in [-0.1, -0.05) is 12.6 Å². The third-order valence-corrected chi connectivity index (χ3v) is 1.37. The average molecular weight is 196 g/mol. The van der Waals surface area contributed by atoms with Gasteiger partial charge in [-0.05, 0) is 29.8 Å². The zero-order valence-electron chi connectivity index (χ0n) is 6.64. The second kappa shape index (κ2) is 4.51. The van der Waals surface area contributed by atoms with Crippen LogP contribution < -0.4 is 5.43 Å². The van der Waals surface area contributed by atoms with Gasteiger partial charge in [-0.3, -0.25) is 4.79 Å². The fraction of sp³-hybridized carbons (Fsp3) is 0. The molecule has 0 fully saturated rings. The zero-order chi connectivity index (χ0) is 9.68. The highest BCUT2D eigenvalue weighted by atomic mass is 32.1. The Bertz CT molecular complexity index is 321. The number of thiol groups is 1. The van der Waals surface area contributed by atoms with Gasteiger partial charge in [-0.15, -0.1) is 0 Å². The standard InChI is InChI=1S/C8H8N2O2S/c11-7-3-1-6(2-4-7)5-9-10-8(12)13/h1-5,11H,(H2,10,12,13). The van der Waals surface area contributed by atoms with E-state index in [0.29, 0.717) is 0 Å². The van der Waals surface area contributed by atoms with Crippen LogP contribution in [0, 0.1) is 0 Å². The predicted octanol–water partition coefficient (Wildman–Crippen LogP) is 1.37. The van der Waals surface area contributed by atoms with E-state index in [1.54, 1.807) is 12.1 Å². The third-order valence-electron chi connectivity index (χ3n) is 1.27. The number of hydrogen-bond donors (Lipinski definition) is 3. The summed E-state index contributed by atoms with van der Waals surface area (Å²) in [7, 11) is 0. The minimum Gasteiger partial charge on any atom is -0.508 e. The molecule has 2 N–H and O–H groups in total. The second-order valence-electron chi connectivity index (χ2n) is 2.27. The molecule has 5 heteroatoms. The van der Waals surface area contributed by atoms with Crippen molar-refractivity contribution in [1.82, 2.24) is 5.43 Å². The molecule has 1 aromatic rings. The summed E-state index contributed by atoms with van der Waals surface area (Å²) < 4.78 is 0. The van der Waals surface area contributed by atoms with Crippen LogP contribution in [0.15, 0.2) is 29.4 Å². The molecule has 0 aliphatic heterocycles. The number of phenolic OH excluding ortho intramolecular Hbond substituents is 1. The van der Waals surface area contributed by atoms with E-state index in [1.165, 1.54) is 18.3 Å². The average Bonchev–Trinajstić information content (AvgIpc) is 2.08. The first-order chi connectivity index (χ1) is 6.18. The number of rotatable bonds is 2. The Morgan fingerprint density at radius 1 is 1.46 bits per heavy atom. The van der Waals surface area contributed by atoms with Crippen molar-refractivity contribution in [2.75, 3.05) is 0 Å². The van der Waals surface area contributed by atoms with E-state index in [-0.39, 0.29) is 5.75 Å². The molecule has 0 saturated heterocycles. The normalized spacial score (nSPS) is 10.2. The van der Waals surface area contributed by atoms with Crippen molar-refractivity contribution in [2.45, 2.75) is 0 Å². The minimum atomic E-state index is -0.518. The van der Waals surface area contributed by atoms with Crippen LogP contribution >= 0.6 is 12.6 Å². The number of phenols is 1. The molecule has 1 rings (SSSR count). The Labute approximate surface area is 80.7 Å². The molecule has 4 nitrogen and oxygen atoms in total. The lowest BCUT2D eigenvalue weighted by atomic mass is 10.2. The summed E-state index contributed by atoms with van der Waals surface area (Å²) >= 11 is 3.46. The Balaban J connectivity index is 2.59. The zero-order valence-corrected chi connectivity index (χ0v) is 7.53. The van der Waals surface area contributed by atoms with E-state index in [0.717, 1.165) is 5.56 Å². The summed E-state index contributed by atoms with van der Waals surface area (Å²) in [6.45, 7) is 0. The minimum absolute atomic E-state index is 0.190. The highest BCUT2D eigenvalue weighted by molar-refractivity contribution is 7.96. The van der Waals surface area contributed by atoms with Gasteiger partial charge < -0.3 is 5.11 Å². The van der Waals surface area contributed by atoms with Crippen molar-refractivity contribution >= 4 is 24.1 Å². The van der Waals surface area contributed by atoms with E-state index in [4.69, 9.17) is 5.11 Å². The second-order valence-corrected chi connectivity index (χ2v) is 2.67. The summed E-state index contributed by atoms with van der Waals surface area (Å²) in [5.74, 6) is 0.190. The number of hydrazone groups is 1. The number of nitrogens with one attached hydrogen (secondary N) is 1. The van der Waals surface area contributed by atoms with E-state index in [2.05, 4.69) is 23.2 Å². The molecule has 0 radical (unpaired) electrons. The van der Waals surface area contributed by atoms with Crippen molar-refractivity contribution in [1.29, 1.82) is 0 Å². The lowest BCUT2D eigenvalue weighted by molar-refractivity contribution is 0.261. The fourth-order valence-corrected chi connectivity index (χ4v) is 0.780. The molecule has 0 unspecified atom stereocenters. The third kappa shape index (κ3) is 3.62. The topological polar surface area (TPSA) is 61.7 Å². The maximum Gasteiger partial charge on any atom is 0.296 e.